The van der Waals surface area contributed by atoms with Crippen LogP contribution in [0.3, 0.4) is 0 Å². The Labute approximate surface area is 144 Å². The van der Waals surface area contributed by atoms with Gasteiger partial charge in [-0.3, -0.25) is 0 Å². The summed E-state index contributed by atoms with van der Waals surface area (Å²) in [6, 6.07) is 7.23. The van der Waals surface area contributed by atoms with Crippen molar-refractivity contribution in [3.63, 3.8) is 0 Å². The maximum absolute atomic E-state index is 2.41. The van der Waals surface area contributed by atoms with Gasteiger partial charge in [-0.1, -0.05) is 59.7 Å². The third kappa shape index (κ3) is 9.10. The summed E-state index contributed by atoms with van der Waals surface area (Å²) in [6.07, 6.45) is 0. The van der Waals surface area contributed by atoms with Crippen LogP contribution in [0.2, 0.25) is 0 Å². The Hall–Kier alpha value is 0.270. The van der Waals surface area contributed by atoms with Crippen molar-refractivity contribution in [3.8, 4) is 0 Å². The fraction of sp³-hybridized carbons (Fsp3) is 0.667. The standard InChI is InChI=1S/C18H30S3/c1-13(2)19-10-16-7-17(11-20-14(3)4)9-18(8-16)12-21-15(5)6/h7-9,13-15H,10-12H2,1-6H3. The highest BCUT2D eigenvalue weighted by Crippen LogP contribution is 2.26. The van der Waals surface area contributed by atoms with Crippen LogP contribution < -0.4 is 0 Å². The van der Waals surface area contributed by atoms with E-state index in [4.69, 9.17) is 0 Å². The topological polar surface area (TPSA) is 0 Å². The Morgan fingerprint density at radius 1 is 0.571 bits per heavy atom. The molecule has 0 atom stereocenters. The summed E-state index contributed by atoms with van der Waals surface area (Å²) in [4.78, 5) is 0. The predicted octanol–water partition coefficient (Wildman–Crippen LogP) is 6.61. The van der Waals surface area contributed by atoms with E-state index in [0.717, 1.165) is 17.3 Å². The highest BCUT2D eigenvalue weighted by atomic mass is 32.2. The van der Waals surface area contributed by atoms with Gasteiger partial charge in [0.1, 0.15) is 0 Å². The van der Waals surface area contributed by atoms with Crippen molar-refractivity contribution < 1.29 is 0 Å². The predicted molar refractivity (Wildman–Crippen MR) is 106 cm³/mol. The van der Waals surface area contributed by atoms with Crippen molar-refractivity contribution >= 4 is 35.3 Å². The van der Waals surface area contributed by atoms with Crippen LogP contribution in [-0.2, 0) is 17.3 Å². The quantitative estimate of drug-likeness (QED) is 0.495. The zero-order valence-electron chi connectivity index (χ0n) is 14.3. The Bertz CT molecular complexity index is 337. The van der Waals surface area contributed by atoms with Gasteiger partial charge in [-0.2, -0.15) is 35.3 Å². The molecule has 21 heavy (non-hydrogen) atoms. The lowest BCUT2D eigenvalue weighted by atomic mass is 10.1. The van der Waals surface area contributed by atoms with Gasteiger partial charge in [0.05, 0.1) is 0 Å². The van der Waals surface area contributed by atoms with Crippen LogP contribution in [0.25, 0.3) is 0 Å². The lowest BCUT2D eigenvalue weighted by Gasteiger charge is -2.13. The Morgan fingerprint density at radius 2 is 0.810 bits per heavy atom. The van der Waals surface area contributed by atoms with Crippen LogP contribution in [0.1, 0.15) is 58.2 Å². The smallest absolute Gasteiger partial charge is 0.0187 e. The fourth-order valence-corrected chi connectivity index (χ4v) is 3.96. The van der Waals surface area contributed by atoms with Crippen LogP contribution >= 0.6 is 35.3 Å². The molecule has 0 aliphatic carbocycles. The highest BCUT2D eigenvalue weighted by molar-refractivity contribution is 7.99. The normalized spacial score (nSPS) is 11.9. The molecule has 0 spiro atoms. The summed E-state index contributed by atoms with van der Waals surface area (Å²) in [7, 11) is 0. The van der Waals surface area contributed by atoms with Crippen LogP contribution in [0.5, 0.6) is 0 Å². The largest absolute Gasteiger partial charge is 0.154 e. The zero-order chi connectivity index (χ0) is 15.8. The number of hydrogen-bond acceptors (Lipinski definition) is 3. The SMILES string of the molecule is CC(C)SCc1cc(CSC(C)C)cc(CSC(C)C)c1. The molecule has 0 aliphatic rings. The summed E-state index contributed by atoms with van der Waals surface area (Å²) in [6.45, 7) is 13.7. The first-order valence-corrected chi connectivity index (χ1v) is 11.0. The molecule has 1 aromatic carbocycles. The molecule has 0 fully saturated rings. The lowest BCUT2D eigenvalue weighted by Crippen LogP contribution is -1.96. The maximum atomic E-state index is 2.41. The molecule has 0 nitrogen and oxygen atoms in total. The van der Waals surface area contributed by atoms with Crippen molar-refractivity contribution in [2.75, 3.05) is 0 Å². The molecule has 120 valence electrons. The Morgan fingerprint density at radius 3 is 1.00 bits per heavy atom. The Balaban J connectivity index is 2.79. The second-order valence-corrected chi connectivity index (χ2v) is 10.9. The van der Waals surface area contributed by atoms with E-state index in [1.165, 1.54) is 16.7 Å². The van der Waals surface area contributed by atoms with E-state index < -0.39 is 0 Å². The molecule has 3 heteroatoms. The average Bonchev–Trinajstić information content (AvgIpc) is 2.40. The molecule has 0 amide bonds. The molecule has 0 saturated carbocycles. The molecule has 0 aliphatic heterocycles. The summed E-state index contributed by atoms with van der Waals surface area (Å²) in [5.41, 5.74) is 4.49. The number of benzene rings is 1. The van der Waals surface area contributed by atoms with Gasteiger partial charge in [0.25, 0.3) is 0 Å². The van der Waals surface area contributed by atoms with Crippen molar-refractivity contribution in [1.82, 2.24) is 0 Å². The molecule has 1 aromatic rings. The van der Waals surface area contributed by atoms with Gasteiger partial charge >= 0.3 is 0 Å². The van der Waals surface area contributed by atoms with Gasteiger partial charge in [0.15, 0.2) is 0 Å². The minimum Gasteiger partial charge on any atom is -0.154 e. The second-order valence-electron chi connectivity index (χ2n) is 6.24. The molecule has 0 bridgehead atoms. The third-order valence-corrected chi connectivity index (χ3v) is 6.36. The monoisotopic (exact) mass is 342 g/mol. The van der Waals surface area contributed by atoms with Gasteiger partial charge in [0, 0.05) is 17.3 Å². The molecule has 0 N–H and O–H groups in total. The second kappa shape index (κ2) is 10.1. The lowest BCUT2D eigenvalue weighted by molar-refractivity contribution is 1.10. The zero-order valence-corrected chi connectivity index (χ0v) is 16.8. The van der Waals surface area contributed by atoms with E-state index in [0.29, 0.717) is 15.7 Å². The van der Waals surface area contributed by atoms with E-state index >= 15 is 0 Å². The molecule has 0 saturated heterocycles. The van der Waals surface area contributed by atoms with Crippen LogP contribution in [0, 0.1) is 0 Å². The van der Waals surface area contributed by atoms with E-state index in [1.807, 2.05) is 35.3 Å². The van der Waals surface area contributed by atoms with Crippen LogP contribution in [-0.4, -0.2) is 15.7 Å². The molecular weight excluding hydrogens is 312 g/mol. The summed E-state index contributed by atoms with van der Waals surface area (Å²) in [5.74, 6) is 3.41. The average molecular weight is 343 g/mol. The molecule has 0 heterocycles. The summed E-state index contributed by atoms with van der Waals surface area (Å²) < 4.78 is 0. The van der Waals surface area contributed by atoms with Gasteiger partial charge in [-0.05, 0) is 32.4 Å². The van der Waals surface area contributed by atoms with E-state index in [-0.39, 0.29) is 0 Å². The highest BCUT2D eigenvalue weighted by Gasteiger charge is 2.06. The number of hydrogen-bond donors (Lipinski definition) is 0. The molecule has 0 unspecified atom stereocenters. The van der Waals surface area contributed by atoms with E-state index in [1.54, 1.807) is 0 Å². The van der Waals surface area contributed by atoms with E-state index in [2.05, 4.69) is 59.7 Å². The molecule has 0 aromatic heterocycles. The number of rotatable bonds is 9. The maximum Gasteiger partial charge on any atom is 0.0187 e. The summed E-state index contributed by atoms with van der Waals surface area (Å²) in [5, 5.41) is 2.10. The van der Waals surface area contributed by atoms with Gasteiger partial charge in [-0.25, -0.2) is 0 Å². The van der Waals surface area contributed by atoms with Crippen LogP contribution in [0.15, 0.2) is 18.2 Å². The van der Waals surface area contributed by atoms with Crippen molar-refractivity contribution in [1.29, 1.82) is 0 Å². The van der Waals surface area contributed by atoms with Gasteiger partial charge in [-0.15, -0.1) is 0 Å². The number of thioether (sulfide) groups is 3. The van der Waals surface area contributed by atoms with Crippen molar-refractivity contribution in [2.24, 2.45) is 0 Å². The van der Waals surface area contributed by atoms with Gasteiger partial charge < -0.3 is 0 Å². The summed E-state index contributed by atoms with van der Waals surface area (Å²) >= 11 is 6.11. The van der Waals surface area contributed by atoms with E-state index in [9.17, 15) is 0 Å². The first-order valence-electron chi connectivity index (χ1n) is 7.83. The van der Waals surface area contributed by atoms with Gasteiger partial charge in [0.2, 0.25) is 0 Å². The third-order valence-electron chi connectivity index (χ3n) is 2.86. The first kappa shape index (κ1) is 19.3. The van der Waals surface area contributed by atoms with Crippen LogP contribution in [0.4, 0.5) is 0 Å². The first-order chi connectivity index (χ1) is 9.86. The minimum absolute atomic E-state index is 0.701. The fourth-order valence-electron chi connectivity index (χ4n) is 1.88. The molecular formula is C18H30S3. The molecule has 1 rings (SSSR count). The Kier molecular flexibility index (Phi) is 9.31. The van der Waals surface area contributed by atoms with Crippen molar-refractivity contribution in [2.45, 2.75) is 74.6 Å². The molecule has 0 radical (unpaired) electrons. The van der Waals surface area contributed by atoms with Crippen molar-refractivity contribution in [3.05, 3.63) is 34.9 Å². The minimum atomic E-state index is 0.701.